The molecule has 3 rings (SSSR count). The lowest BCUT2D eigenvalue weighted by atomic mass is 10.2. The Balaban J connectivity index is 1.62. The number of nitrogens with one attached hydrogen (secondary N) is 1. The summed E-state index contributed by atoms with van der Waals surface area (Å²) in [6.07, 6.45) is 0. The van der Waals surface area contributed by atoms with E-state index in [9.17, 15) is 9.59 Å². The highest BCUT2D eigenvalue weighted by Crippen LogP contribution is 2.34. The van der Waals surface area contributed by atoms with Crippen molar-refractivity contribution in [2.75, 3.05) is 19.2 Å². The third-order valence-electron chi connectivity index (χ3n) is 3.43. The molecule has 0 unspecified atom stereocenters. The maximum atomic E-state index is 12.1. The average molecular weight is 312 g/mol. The smallest absolute Gasteiger partial charge is 0.313 e. The van der Waals surface area contributed by atoms with E-state index in [2.05, 4.69) is 5.32 Å². The molecule has 0 saturated carbocycles. The van der Waals surface area contributed by atoms with E-state index in [4.69, 9.17) is 9.47 Å². The highest BCUT2D eigenvalue weighted by atomic mass is 16.7. The molecule has 1 aliphatic heterocycles. The fourth-order valence-electron chi connectivity index (χ4n) is 2.26. The van der Waals surface area contributed by atoms with Crippen molar-refractivity contribution in [3.05, 3.63) is 54.1 Å². The topological polar surface area (TPSA) is 67.9 Å². The van der Waals surface area contributed by atoms with E-state index in [0.29, 0.717) is 23.7 Å². The van der Waals surface area contributed by atoms with Crippen LogP contribution >= 0.6 is 0 Å². The van der Waals surface area contributed by atoms with Gasteiger partial charge in [-0.2, -0.15) is 0 Å². The molecule has 1 N–H and O–H groups in total. The molecule has 0 aromatic heterocycles. The van der Waals surface area contributed by atoms with Crippen LogP contribution in [-0.2, 0) is 16.1 Å². The number of hydrogen-bond acceptors (Lipinski definition) is 4. The van der Waals surface area contributed by atoms with Crippen molar-refractivity contribution < 1.29 is 19.1 Å². The average Bonchev–Trinajstić information content (AvgIpc) is 3.02. The van der Waals surface area contributed by atoms with Gasteiger partial charge < -0.3 is 19.7 Å². The third-order valence-corrected chi connectivity index (χ3v) is 3.43. The Hall–Kier alpha value is -3.02. The number of nitrogens with zero attached hydrogens (tertiary/aromatic N) is 1. The third kappa shape index (κ3) is 3.42. The van der Waals surface area contributed by atoms with Crippen molar-refractivity contribution >= 4 is 17.5 Å². The number of ether oxygens (including phenoxy) is 2. The second-order valence-corrected chi connectivity index (χ2v) is 5.17. The highest BCUT2D eigenvalue weighted by Gasteiger charge is 2.20. The van der Waals surface area contributed by atoms with Gasteiger partial charge in [0.2, 0.25) is 6.79 Å². The molecule has 23 heavy (non-hydrogen) atoms. The normalized spacial score (nSPS) is 11.9. The van der Waals surface area contributed by atoms with Gasteiger partial charge in [-0.05, 0) is 17.7 Å². The Morgan fingerprint density at radius 3 is 2.61 bits per heavy atom. The van der Waals surface area contributed by atoms with Crippen LogP contribution in [0.25, 0.3) is 0 Å². The van der Waals surface area contributed by atoms with Crippen molar-refractivity contribution in [2.24, 2.45) is 0 Å². The predicted molar refractivity (Wildman–Crippen MR) is 84.1 cm³/mol. The van der Waals surface area contributed by atoms with Gasteiger partial charge in [-0.3, -0.25) is 9.59 Å². The van der Waals surface area contributed by atoms with E-state index in [1.807, 2.05) is 30.3 Å². The van der Waals surface area contributed by atoms with Crippen LogP contribution in [0.3, 0.4) is 0 Å². The summed E-state index contributed by atoms with van der Waals surface area (Å²) in [5.41, 5.74) is 1.44. The second kappa shape index (κ2) is 6.39. The molecule has 6 heteroatoms. The zero-order valence-corrected chi connectivity index (χ0v) is 12.6. The van der Waals surface area contributed by atoms with Gasteiger partial charge in [0.25, 0.3) is 0 Å². The van der Waals surface area contributed by atoms with Gasteiger partial charge in [0.15, 0.2) is 11.5 Å². The van der Waals surface area contributed by atoms with Crippen LogP contribution in [-0.4, -0.2) is 30.6 Å². The maximum Gasteiger partial charge on any atom is 0.313 e. The molecule has 118 valence electrons. The Bertz CT molecular complexity index is 731. The summed E-state index contributed by atoms with van der Waals surface area (Å²) in [7, 11) is 1.59. The molecule has 0 spiro atoms. The van der Waals surface area contributed by atoms with Gasteiger partial charge >= 0.3 is 11.8 Å². The van der Waals surface area contributed by atoms with Crippen molar-refractivity contribution in [3.63, 3.8) is 0 Å². The lowest BCUT2D eigenvalue weighted by Crippen LogP contribution is -2.36. The number of benzene rings is 2. The van der Waals surface area contributed by atoms with Crippen molar-refractivity contribution in [1.82, 2.24) is 4.90 Å². The minimum absolute atomic E-state index is 0.158. The zero-order valence-electron chi connectivity index (χ0n) is 12.6. The lowest BCUT2D eigenvalue weighted by molar-refractivity contribution is -0.142. The molecule has 2 amide bonds. The van der Waals surface area contributed by atoms with Crippen molar-refractivity contribution in [1.29, 1.82) is 0 Å². The number of likely N-dealkylation sites (N-methyl/N-ethyl adjacent to an activating group) is 1. The number of amides is 2. The number of hydrogen-bond donors (Lipinski definition) is 1. The largest absolute Gasteiger partial charge is 0.454 e. The van der Waals surface area contributed by atoms with Crippen LogP contribution in [0, 0.1) is 0 Å². The minimum atomic E-state index is -0.692. The molecule has 6 nitrogen and oxygen atoms in total. The zero-order chi connectivity index (χ0) is 16.2. The first-order chi connectivity index (χ1) is 11.1. The van der Waals surface area contributed by atoms with Crippen LogP contribution in [0.1, 0.15) is 5.56 Å². The van der Waals surface area contributed by atoms with Crippen LogP contribution in [0.15, 0.2) is 48.5 Å². The fourth-order valence-corrected chi connectivity index (χ4v) is 2.26. The fraction of sp³-hybridized carbons (Fsp3) is 0.176. The molecule has 0 bridgehead atoms. The summed E-state index contributed by atoms with van der Waals surface area (Å²) in [6, 6.07) is 14.5. The molecular weight excluding hydrogens is 296 g/mol. The van der Waals surface area contributed by atoms with Gasteiger partial charge in [-0.1, -0.05) is 30.3 Å². The molecule has 2 aromatic carbocycles. The first kappa shape index (κ1) is 14.9. The monoisotopic (exact) mass is 312 g/mol. The maximum absolute atomic E-state index is 12.1. The van der Waals surface area contributed by atoms with Crippen molar-refractivity contribution in [3.8, 4) is 11.5 Å². The van der Waals surface area contributed by atoms with Gasteiger partial charge in [0, 0.05) is 25.3 Å². The summed E-state index contributed by atoms with van der Waals surface area (Å²) < 4.78 is 10.4. The predicted octanol–water partition coefficient (Wildman–Crippen LogP) is 2.01. The number of fused-ring (bicyclic) bond motifs is 1. The highest BCUT2D eigenvalue weighted by molar-refractivity contribution is 6.39. The molecule has 0 aliphatic carbocycles. The van der Waals surface area contributed by atoms with E-state index in [1.54, 1.807) is 25.2 Å². The van der Waals surface area contributed by atoms with E-state index < -0.39 is 11.8 Å². The minimum Gasteiger partial charge on any atom is -0.454 e. The van der Waals surface area contributed by atoms with Crippen LogP contribution in [0.4, 0.5) is 5.69 Å². The summed E-state index contributed by atoms with van der Waals surface area (Å²) in [5, 5.41) is 2.57. The quantitative estimate of drug-likeness (QED) is 0.880. The van der Waals surface area contributed by atoms with Crippen LogP contribution in [0.5, 0.6) is 11.5 Å². The van der Waals surface area contributed by atoms with Crippen molar-refractivity contribution in [2.45, 2.75) is 6.54 Å². The van der Waals surface area contributed by atoms with E-state index in [0.717, 1.165) is 5.56 Å². The summed E-state index contributed by atoms with van der Waals surface area (Å²) >= 11 is 0. The molecule has 0 atom stereocenters. The second-order valence-electron chi connectivity index (χ2n) is 5.17. The van der Waals surface area contributed by atoms with Gasteiger partial charge in [-0.15, -0.1) is 0 Å². The van der Waals surface area contributed by atoms with Gasteiger partial charge in [0.05, 0.1) is 0 Å². The molecular formula is C17H16N2O4. The Kier molecular flexibility index (Phi) is 4.14. The Morgan fingerprint density at radius 2 is 1.83 bits per heavy atom. The summed E-state index contributed by atoms with van der Waals surface area (Å²) in [4.78, 5) is 25.6. The number of rotatable bonds is 3. The Morgan fingerprint density at radius 1 is 1.09 bits per heavy atom. The molecule has 1 heterocycles. The lowest BCUT2D eigenvalue weighted by Gasteiger charge is -2.16. The molecule has 0 fully saturated rings. The Labute approximate surface area is 133 Å². The van der Waals surface area contributed by atoms with Gasteiger partial charge in [-0.25, -0.2) is 0 Å². The van der Waals surface area contributed by atoms with Crippen LogP contribution < -0.4 is 14.8 Å². The number of anilines is 1. The molecule has 0 radical (unpaired) electrons. The number of carbonyl (C=O) groups is 2. The molecule has 0 saturated heterocycles. The first-order valence-corrected chi connectivity index (χ1v) is 7.13. The van der Waals surface area contributed by atoms with E-state index in [1.165, 1.54) is 4.90 Å². The molecule has 2 aromatic rings. The van der Waals surface area contributed by atoms with E-state index in [-0.39, 0.29) is 6.79 Å². The summed E-state index contributed by atoms with van der Waals surface area (Å²) in [6.45, 7) is 0.527. The van der Waals surface area contributed by atoms with Crippen LogP contribution in [0.2, 0.25) is 0 Å². The standard InChI is InChI=1S/C17H16N2O4/c1-19(10-12-5-3-2-4-6-12)17(21)16(20)18-13-7-8-14-15(9-13)23-11-22-14/h2-9H,10-11H2,1H3,(H,18,20). The van der Waals surface area contributed by atoms with Gasteiger partial charge in [0.1, 0.15) is 0 Å². The SMILES string of the molecule is CN(Cc1ccccc1)C(=O)C(=O)Nc1ccc2c(c1)OCO2. The first-order valence-electron chi connectivity index (χ1n) is 7.13. The van der Waals surface area contributed by atoms with E-state index >= 15 is 0 Å². The number of carbonyl (C=O) groups excluding carboxylic acids is 2. The summed E-state index contributed by atoms with van der Waals surface area (Å²) in [5.74, 6) is -0.128. The molecule has 1 aliphatic rings.